The molecule has 0 atom stereocenters. The molecule has 0 saturated heterocycles. The van der Waals surface area contributed by atoms with Gasteiger partial charge in [0.15, 0.2) is 0 Å². The van der Waals surface area contributed by atoms with E-state index in [9.17, 15) is 13.5 Å². The van der Waals surface area contributed by atoms with Crippen LogP contribution in [0.4, 0.5) is 0 Å². The number of fused-ring (bicyclic) bond motifs is 1. The Kier molecular flexibility index (Phi) is 3.98. The topological polar surface area (TPSA) is 74.6 Å². The second kappa shape index (κ2) is 4.73. The Hall–Kier alpha value is -0.590. The molecule has 0 aliphatic carbocycles. The molecule has 80 valence electrons. The minimum atomic E-state index is -4.37. The summed E-state index contributed by atoms with van der Waals surface area (Å²) in [7, 11) is -4.37. The van der Waals surface area contributed by atoms with Crippen molar-refractivity contribution >= 4 is 50.4 Å². The molecule has 0 saturated carbocycles. The molecule has 0 spiro atoms. The van der Waals surface area contributed by atoms with Gasteiger partial charge in [-0.1, -0.05) is 30.3 Å². The van der Waals surface area contributed by atoms with Crippen LogP contribution in [0, 0.1) is 0 Å². The summed E-state index contributed by atoms with van der Waals surface area (Å²) in [5.41, 5.74) is 0. The van der Waals surface area contributed by atoms with Crippen LogP contribution in [0.2, 0.25) is 0 Å². The molecule has 2 aromatic carbocycles. The number of hydrogen-bond acceptors (Lipinski definition) is 3. The Labute approximate surface area is 115 Å². The number of phenolic OH excluding ortho intramolecular Hbond substituents is 1. The maximum atomic E-state index is 10.9. The van der Waals surface area contributed by atoms with E-state index < -0.39 is 20.8 Å². The molecule has 2 N–H and O–H groups in total. The third kappa shape index (κ3) is 2.39. The summed E-state index contributed by atoms with van der Waals surface area (Å²) >= 11 is 0. The summed E-state index contributed by atoms with van der Waals surface area (Å²) in [6.45, 7) is 0. The van der Waals surface area contributed by atoms with Gasteiger partial charge in [-0.2, -0.15) is 8.42 Å². The zero-order valence-electron chi connectivity index (χ0n) is 7.58. The predicted molar refractivity (Wildman–Crippen MR) is 62.6 cm³/mol. The van der Waals surface area contributed by atoms with E-state index in [0.29, 0.717) is 10.8 Å². The first-order valence-electron chi connectivity index (χ1n) is 4.18. The van der Waals surface area contributed by atoms with E-state index in [2.05, 4.69) is 0 Å². The molecule has 2 aromatic rings. The van der Waals surface area contributed by atoms with Crippen LogP contribution < -0.4 is 0 Å². The Morgan fingerprint density at radius 3 is 2.25 bits per heavy atom. The molecule has 0 bridgehead atoms. The molecule has 4 nitrogen and oxygen atoms in total. The van der Waals surface area contributed by atoms with Gasteiger partial charge in [-0.3, -0.25) is 4.55 Å². The number of benzene rings is 2. The standard InChI is InChI=1S/C10H8O4S.Na.H/c11-10-8-4-2-1-3-7(8)5-6-9(10)15(12,13)14;;/h1-6,11H,(H,12,13,14);;. The molecule has 0 aliphatic rings. The van der Waals surface area contributed by atoms with Crippen molar-refractivity contribution in [3.05, 3.63) is 36.4 Å². The maximum absolute atomic E-state index is 10.9. The van der Waals surface area contributed by atoms with Crippen LogP contribution in [0.3, 0.4) is 0 Å². The van der Waals surface area contributed by atoms with Crippen LogP contribution in [0.15, 0.2) is 41.3 Å². The van der Waals surface area contributed by atoms with E-state index in [1.807, 2.05) is 0 Å². The number of phenols is 1. The summed E-state index contributed by atoms with van der Waals surface area (Å²) in [5.74, 6) is -0.421. The summed E-state index contributed by atoms with van der Waals surface area (Å²) in [5, 5.41) is 10.8. The van der Waals surface area contributed by atoms with Gasteiger partial charge in [-0.05, 0) is 11.5 Å². The Morgan fingerprint density at radius 1 is 1.00 bits per heavy atom. The van der Waals surface area contributed by atoms with Crippen LogP contribution >= 0.6 is 0 Å². The van der Waals surface area contributed by atoms with Gasteiger partial charge in [0.05, 0.1) is 0 Å². The minimum absolute atomic E-state index is 0. The molecular formula is C10H9NaO4S. The molecule has 6 heteroatoms. The van der Waals surface area contributed by atoms with E-state index in [1.54, 1.807) is 24.3 Å². The van der Waals surface area contributed by atoms with E-state index in [-0.39, 0.29) is 29.6 Å². The molecule has 16 heavy (non-hydrogen) atoms. The monoisotopic (exact) mass is 248 g/mol. The molecule has 0 aliphatic heterocycles. The van der Waals surface area contributed by atoms with Crippen LogP contribution in [0.25, 0.3) is 10.8 Å². The first-order valence-corrected chi connectivity index (χ1v) is 5.62. The van der Waals surface area contributed by atoms with Gasteiger partial charge >= 0.3 is 29.6 Å². The Balaban J connectivity index is 0.00000128. The van der Waals surface area contributed by atoms with Gasteiger partial charge in [0.25, 0.3) is 10.1 Å². The molecule has 0 amide bonds. The van der Waals surface area contributed by atoms with E-state index >= 15 is 0 Å². The normalized spacial score (nSPS) is 11.1. The fourth-order valence-electron chi connectivity index (χ4n) is 1.44. The van der Waals surface area contributed by atoms with Crippen LogP contribution in [-0.2, 0) is 10.1 Å². The number of hydrogen-bond donors (Lipinski definition) is 2. The van der Waals surface area contributed by atoms with E-state index in [1.165, 1.54) is 12.1 Å². The van der Waals surface area contributed by atoms with Gasteiger partial charge in [-0.25, -0.2) is 0 Å². The van der Waals surface area contributed by atoms with Crippen molar-refractivity contribution in [2.45, 2.75) is 4.90 Å². The average Bonchev–Trinajstić information content (AvgIpc) is 2.16. The first kappa shape index (κ1) is 13.5. The zero-order chi connectivity index (χ0) is 11.1. The summed E-state index contributed by atoms with van der Waals surface area (Å²) in [6.07, 6.45) is 0. The SMILES string of the molecule is O=S(=O)(O)c1ccc2ccccc2c1O.[NaH]. The van der Waals surface area contributed by atoms with Crippen LogP contribution in [0.5, 0.6) is 5.75 Å². The fraction of sp³-hybridized carbons (Fsp3) is 0. The molecule has 0 fully saturated rings. The summed E-state index contributed by atoms with van der Waals surface area (Å²) in [6, 6.07) is 9.47. The zero-order valence-corrected chi connectivity index (χ0v) is 8.40. The third-order valence-corrected chi connectivity index (χ3v) is 3.03. The summed E-state index contributed by atoms with van der Waals surface area (Å²) < 4.78 is 30.6. The van der Waals surface area contributed by atoms with Crippen LogP contribution in [0.1, 0.15) is 0 Å². The summed E-state index contributed by atoms with van der Waals surface area (Å²) in [4.78, 5) is -0.471. The Bertz CT molecular complexity index is 622. The molecular weight excluding hydrogens is 239 g/mol. The van der Waals surface area contributed by atoms with Gasteiger partial charge in [-0.15, -0.1) is 0 Å². The van der Waals surface area contributed by atoms with Crippen molar-refractivity contribution in [3.63, 3.8) is 0 Å². The number of aromatic hydroxyl groups is 1. The predicted octanol–water partition coefficient (Wildman–Crippen LogP) is 1.14. The third-order valence-electron chi connectivity index (χ3n) is 2.14. The first-order chi connectivity index (χ1) is 7.00. The van der Waals surface area contributed by atoms with Crippen LogP contribution in [-0.4, -0.2) is 47.6 Å². The average molecular weight is 248 g/mol. The van der Waals surface area contributed by atoms with Crippen molar-refractivity contribution in [2.75, 3.05) is 0 Å². The van der Waals surface area contributed by atoms with Crippen molar-refractivity contribution in [3.8, 4) is 5.75 Å². The molecule has 0 radical (unpaired) electrons. The van der Waals surface area contributed by atoms with Gasteiger partial charge in [0.1, 0.15) is 10.6 Å². The van der Waals surface area contributed by atoms with Crippen molar-refractivity contribution in [2.24, 2.45) is 0 Å². The van der Waals surface area contributed by atoms with Crippen molar-refractivity contribution in [1.29, 1.82) is 0 Å². The van der Waals surface area contributed by atoms with Crippen molar-refractivity contribution in [1.82, 2.24) is 0 Å². The molecule has 0 aromatic heterocycles. The molecule has 0 heterocycles. The van der Waals surface area contributed by atoms with E-state index in [4.69, 9.17) is 4.55 Å². The fourth-order valence-corrected chi connectivity index (χ4v) is 2.04. The van der Waals surface area contributed by atoms with E-state index in [0.717, 1.165) is 0 Å². The number of rotatable bonds is 1. The Morgan fingerprint density at radius 2 is 1.62 bits per heavy atom. The van der Waals surface area contributed by atoms with Crippen molar-refractivity contribution < 1.29 is 18.1 Å². The quantitative estimate of drug-likeness (QED) is 0.586. The van der Waals surface area contributed by atoms with Gasteiger partial charge in [0, 0.05) is 5.39 Å². The van der Waals surface area contributed by atoms with Gasteiger partial charge in [0.2, 0.25) is 0 Å². The molecule has 0 unspecified atom stereocenters. The molecule has 2 rings (SSSR count). The second-order valence-electron chi connectivity index (χ2n) is 3.11. The second-order valence-corrected chi connectivity index (χ2v) is 4.50. The van der Waals surface area contributed by atoms with Gasteiger partial charge < -0.3 is 5.11 Å².